The summed E-state index contributed by atoms with van der Waals surface area (Å²) in [7, 11) is 0. The second-order valence-corrected chi connectivity index (χ2v) is 8.88. The maximum Gasteiger partial charge on any atom is -0.0160 e. The first-order chi connectivity index (χ1) is 13.4. The Bertz CT molecular complexity index is 349. The zero-order valence-corrected chi connectivity index (χ0v) is 18.8. The molecule has 0 aliphatic heterocycles. The zero-order valence-electron chi connectivity index (χ0n) is 18.8. The van der Waals surface area contributed by atoms with Gasteiger partial charge < -0.3 is 0 Å². The fourth-order valence-electron chi connectivity index (χ4n) is 4.28. The Morgan fingerprint density at radius 1 is 0.519 bits per heavy atom. The number of rotatable bonds is 21. The number of hydrogen-bond donors (Lipinski definition) is 0. The Labute approximate surface area is 172 Å². The van der Waals surface area contributed by atoms with Crippen LogP contribution in [-0.4, -0.2) is 0 Å². The molecule has 0 fully saturated rings. The Morgan fingerprint density at radius 2 is 0.889 bits per heavy atom. The fraction of sp³-hybridized carbons (Fsp3) is 0.852. The summed E-state index contributed by atoms with van der Waals surface area (Å²) in [6, 6.07) is 0. The van der Waals surface area contributed by atoms with Crippen LogP contribution < -0.4 is 0 Å². The molecule has 27 heavy (non-hydrogen) atoms. The van der Waals surface area contributed by atoms with E-state index in [1.165, 1.54) is 141 Å². The van der Waals surface area contributed by atoms with Gasteiger partial charge in [-0.05, 0) is 19.3 Å². The van der Waals surface area contributed by atoms with Gasteiger partial charge in [-0.2, -0.15) is 0 Å². The van der Waals surface area contributed by atoms with Gasteiger partial charge in [0.25, 0.3) is 0 Å². The summed E-state index contributed by atoms with van der Waals surface area (Å²) in [4.78, 5) is 0. The minimum Gasteiger partial charge on any atom is -0.0805 e. The highest BCUT2D eigenvalue weighted by molar-refractivity contribution is 5.25. The van der Waals surface area contributed by atoms with Gasteiger partial charge in [-0.1, -0.05) is 153 Å². The van der Waals surface area contributed by atoms with Crippen molar-refractivity contribution in [2.75, 3.05) is 0 Å². The van der Waals surface area contributed by atoms with E-state index in [2.05, 4.69) is 25.2 Å². The molecule has 1 aliphatic carbocycles. The van der Waals surface area contributed by atoms with E-state index >= 15 is 0 Å². The molecule has 0 N–H and O–H groups in total. The van der Waals surface area contributed by atoms with Crippen molar-refractivity contribution in [3.05, 3.63) is 23.8 Å². The highest BCUT2D eigenvalue weighted by Gasteiger charge is 1.98. The summed E-state index contributed by atoms with van der Waals surface area (Å²) in [5.41, 5.74) is 1.58. The lowest BCUT2D eigenvalue weighted by atomic mass is 10.0. The average Bonchev–Trinajstić information content (AvgIpc) is 3.20. The van der Waals surface area contributed by atoms with Gasteiger partial charge in [0.05, 0.1) is 0 Å². The van der Waals surface area contributed by atoms with Crippen molar-refractivity contribution >= 4 is 0 Å². The molecule has 0 aromatic rings. The van der Waals surface area contributed by atoms with Crippen molar-refractivity contribution in [1.29, 1.82) is 0 Å². The van der Waals surface area contributed by atoms with Crippen LogP contribution in [0.2, 0.25) is 0 Å². The van der Waals surface area contributed by atoms with E-state index in [0.717, 1.165) is 0 Å². The maximum absolute atomic E-state index is 2.38. The van der Waals surface area contributed by atoms with Gasteiger partial charge in [0, 0.05) is 0 Å². The Balaban J connectivity index is 1.63. The molecule has 0 saturated carbocycles. The highest BCUT2D eigenvalue weighted by atomic mass is 14.0. The lowest BCUT2D eigenvalue weighted by Crippen LogP contribution is -1.84. The minimum atomic E-state index is 1.18. The van der Waals surface area contributed by atoms with Gasteiger partial charge in [-0.3, -0.25) is 0 Å². The summed E-state index contributed by atoms with van der Waals surface area (Å²) in [6.07, 6.45) is 38.8. The quantitative estimate of drug-likeness (QED) is 0.175. The van der Waals surface area contributed by atoms with Crippen LogP contribution >= 0.6 is 0 Å². The Morgan fingerprint density at radius 3 is 1.22 bits per heavy atom. The second-order valence-electron chi connectivity index (χ2n) is 8.88. The van der Waals surface area contributed by atoms with E-state index in [9.17, 15) is 0 Å². The predicted octanol–water partition coefficient (Wildman–Crippen LogP) is 10.1. The van der Waals surface area contributed by atoms with E-state index in [-0.39, 0.29) is 0 Å². The third-order valence-electron chi connectivity index (χ3n) is 6.17. The van der Waals surface area contributed by atoms with Crippen molar-refractivity contribution in [3.8, 4) is 0 Å². The SMILES string of the molecule is CCCCCCCCCCCCCCCCCCCCCCC1=CCC=C1. The van der Waals surface area contributed by atoms with Crippen LogP contribution in [0.5, 0.6) is 0 Å². The van der Waals surface area contributed by atoms with Crippen LogP contribution in [0.15, 0.2) is 23.8 Å². The van der Waals surface area contributed by atoms with E-state index < -0.39 is 0 Å². The molecular formula is C27H50. The molecule has 0 radical (unpaired) electrons. The van der Waals surface area contributed by atoms with Gasteiger partial charge in [-0.15, -0.1) is 0 Å². The second kappa shape index (κ2) is 20.2. The number of hydrogen-bond acceptors (Lipinski definition) is 0. The van der Waals surface area contributed by atoms with Gasteiger partial charge in [-0.25, -0.2) is 0 Å². The molecule has 0 amide bonds. The third kappa shape index (κ3) is 17.3. The van der Waals surface area contributed by atoms with Crippen molar-refractivity contribution in [2.45, 2.75) is 148 Å². The molecule has 0 heterocycles. The van der Waals surface area contributed by atoms with Crippen LogP contribution in [0.4, 0.5) is 0 Å². The lowest BCUT2D eigenvalue weighted by molar-refractivity contribution is 0.522. The summed E-state index contributed by atoms with van der Waals surface area (Å²) >= 11 is 0. The van der Waals surface area contributed by atoms with Crippen molar-refractivity contribution < 1.29 is 0 Å². The molecule has 1 aliphatic rings. The van der Waals surface area contributed by atoms with Crippen LogP contribution in [0.3, 0.4) is 0 Å². The maximum atomic E-state index is 2.38. The summed E-state index contributed by atoms with van der Waals surface area (Å²) in [6.45, 7) is 2.30. The average molecular weight is 375 g/mol. The highest BCUT2D eigenvalue weighted by Crippen LogP contribution is 2.18. The van der Waals surface area contributed by atoms with Gasteiger partial charge >= 0.3 is 0 Å². The lowest BCUT2D eigenvalue weighted by Gasteiger charge is -2.04. The molecule has 0 aromatic heterocycles. The molecule has 0 saturated heterocycles. The van der Waals surface area contributed by atoms with E-state index in [1.54, 1.807) is 5.57 Å². The van der Waals surface area contributed by atoms with E-state index in [0.29, 0.717) is 0 Å². The van der Waals surface area contributed by atoms with Crippen molar-refractivity contribution in [2.24, 2.45) is 0 Å². The Hall–Kier alpha value is -0.520. The van der Waals surface area contributed by atoms with Crippen LogP contribution in [0.1, 0.15) is 148 Å². The van der Waals surface area contributed by atoms with Crippen LogP contribution in [0.25, 0.3) is 0 Å². The largest absolute Gasteiger partial charge is 0.0805 e. The van der Waals surface area contributed by atoms with Gasteiger partial charge in [0.1, 0.15) is 0 Å². The molecular weight excluding hydrogens is 324 g/mol. The molecule has 0 bridgehead atoms. The molecule has 0 heteroatoms. The first kappa shape index (κ1) is 24.5. The predicted molar refractivity (Wildman–Crippen MR) is 124 cm³/mol. The fourth-order valence-corrected chi connectivity index (χ4v) is 4.28. The van der Waals surface area contributed by atoms with E-state index in [1.807, 2.05) is 0 Å². The zero-order chi connectivity index (χ0) is 19.3. The molecule has 1 rings (SSSR count). The normalized spacial score (nSPS) is 13.4. The first-order valence-electron chi connectivity index (χ1n) is 12.8. The van der Waals surface area contributed by atoms with Gasteiger partial charge in [0.2, 0.25) is 0 Å². The first-order valence-corrected chi connectivity index (χ1v) is 12.8. The summed E-state index contributed by atoms with van der Waals surface area (Å²) in [5, 5.41) is 0. The molecule has 0 unspecified atom stereocenters. The number of allylic oxidation sites excluding steroid dienone is 4. The molecule has 0 spiro atoms. The monoisotopic (exact) mass is 374 g/mol. The summed E-state index contributed by atoms with van der Waals surface area (Å²) < 4.78 is 0. The number of unbranched alkanes of at least 4 members (excludes halogenated alkanes) is 19. The molecule has 0 nitrogen and oxygen atoms in total. The van der Waals surface area contributed by atoms with Crippen LogP contribution in [-0.2, 0) is 0 Å². The van der Waals surface area contributed by atoms with Crippen molar-refractivity contribution in [3.63, 3.8) is 0 Å². The minimum absolute atomic E-state index is 1.18. The topological polar surface area (TPSA) is 0 Å². The molecule has 158 valence electrons. The van der Waals surface area contributed by atoms with Crippen LogP contribution in [0, 0.1) is 0 Å². The standard InChI is InChI=1S/C27H50/c1-2-3-4-5-6-7-8-9-10-11-12-13-14-15-16-17-18-19-20-21-24-27-25-22-23-26-27/h22,25-26H,2-21,23-24H2,1H3. The summed E-state index contributed by atoms with van der Waals surface area (Å²) in [5.74, 6) is 0. The smallest absolute Gasteiger partial charge is 0.0160 e. The molecule has 0 aromatic carbocycles. The molecule has 0 atom stereocenters. The Kier molecular flexibility index (Phi) is 18.4. The van der Waals surface area contributed by atoms with Crippen molar-refractivity contribution in [1.82, 2.24) is 0 Å². The van der Waals surface area contributed by atoms with Gasteiger partial charge in [0.15, 0.2) is 0 Å². The van der Waals surface area contributed by atoms with E-state index in [4.69, 9.17) is 0 Å². The third-order valence-corrected chi connectivity index (χ3v) is 6.17.